The summed E-state index contributed by atoms with van der Waals surface area (Å²) in [4.78, 5) is 4.38. The van der Waals surface area contributed by atoms with Gasteiger partial charge in [0.05, 0.1) is 5.69 Å². The van der Waals surface area contributed by atoms with Crippen LogP contribution in [0.4, 0.5) is 0 Å². The van der Waals surface area contributed by atoms with E-state index in [1.807, 2.05) is 12.3 Å². The smallest absolute Gasteiger partial charge is 0.0570 e. The number of rotatable bonds is 3. The van der Waals surface area contributed by atoms with E-state index < -0.39 is 0 Å². The van der Waals surface area contributed by atoms with E-state index in [4.69, 9.17) is 0 Å². The van der Waals surface area contributed by atoms with Crippen molar-refractivity contribution >= 4 is 0 Å². The van der Waals surface area contributed by atoms with Gasteiger partial charge in [-0.15, -0.1) is 0 Å². The molecule has 1 aliphatic rings. The van der Waals surface area contributed by atoms with Crippen LogP contribution in [0.5, 0.6) is 0 Å². The third-order valence-electron chi connectivity index (χ3n) is 2.90. The Labute approximate surface area is 91.4 Å². The average molecular weight is 202 g/mol. The molecule has 0 radical (unpaired) electrons. The van der Waals surface area contributed by atoms with E-state index in [2.05, 4.69) is 35.4 Å². The second-order valence-electron chi connectivity index (χ2n) is 4.11. The average Bonchev–Trinajstić information content (AvgIpc) is 2.29. The van der Waals surface area contributed by atoms with E-state index in [-0.39, 0.29) is 0 Å². The molecule has 1 aromatic rings. The molecule has 2 nitrogen and oxygen atoms in total. The van der Waals surface area contributed by atoms with E-state index in [0.29, 0.717) is 6.04 Å². The van der Waals surface area contributed by atoms with Crippen molar-refractivity contribution in [3.8, 4) is 0 Å². The minimum absolute atomic E-state index is 0.542. The summed E-state index contributed by atoms with van der Waals surface area (Å²) >= 11 is 0. The Morgan fingerprint density at radius 2 is 2.47 bits per heavy atom. The molecule has 0 aromatic carbocycles. The Hall–Kier alpha value is -1.15. The highest BCUT2D eigenvalue weighted by atomic mass is 14.9. The van der Waals surface area contributed by atoms with Crippen LogP contribution in [0.1, 0.15) is 30.5 Å². The fourth-order valence-corrected chi connectivity index (χ4v) is 1.91. The van der Waals surface area contributed by atoms with E-state index in [9.17, 15) is 0 Å². The maximum absolute atomic E-state index is 4.38. The van der Waals surface area contributed by atoms with Crippen LogP contribution >= 0.6 is 0 Å². The van der Waals surface area contributed by atoms with Crippen LogP contribution < -0.4 is 5.32 Å². The molecule has 1 unspecified atom stereocenters. The van der Waals surface area contributed by atoms with Crippen molar-refractivity contribution in [3.05, 3.63) is 41.7 Å². The molecule has 0 saturated heterocycles. The molecule has 0 saturated carbocycles. The van der Waals surface area contributed by atoms with Gasteiger partial charge in [0, 0.05) is 18.8 Å². The maximum Gasteiger partial charge on any atom is 0.0570 e. The molecule has 0 fully saturated rings. The lowest BCUT2D eigenvalue weighted by Gasteiger charge is -2.18. The molecule has 2 rings (SSSR count). The van der Waals surface area contributed by atoms with E-state index >= 15 is 0 Å². The molecule has 80 valence electrons. The second kappa shape index (κ2) is 5.08. The zero-order chi connectivity index (χ0) is 10.5. The van der Waals surface area contributed by atoms with Crippen LogP contribution in [-0.4, -0.2) is 11.0 Å². The summed E-state index contributed by atoms with van der Waals surface area (Å²) in [5.74, 6) is 0. The predicted octanol–water partition coefficient (Wildman–Crippen LogP) is 2.59. The summed E-state index contributed by atoms with van der Waals surface area (Å²) in [6.45, 7) is 2.99. The molecule has 2 heteroatoms. The van der Waals surface area contributed by atoms with Crippen LogP contribution in [-0.2, 0) is 6.54 Å². The lowest BCUT2D eigenvalue weighted by atomic mass is 10.0. The van der Waals surface area contributed by atoms with Crippen LogP contribution in [0.25, 0.3) is 0 Å². The number of nitrogens with zero attached hydrogens (tertiary/aromatic N) is 1. The Bertz CT molecular complexity index is 344. The van der Waals surface area contributed by atoms with Crippen molar-refractivity contribution < 1.29 is 0 Å². The Morgan fingerprint density at radius 3 is 3.20 bits per heavy atom. The molecule has 1 aromatic heterocycles. The second-order valence-corrected chi connectivity index (χ2v) is 4.11. The van der Waals surface area contributed by atoms with Gasteiger partial charge in [-0.2, -0.15) is 0 Å². The summed E-state index contributed by atoms with van der Waals surface area (Å²) in [6, 6.07) is 4.64. The number of hydrogen-bond donors (Lipinski definition) is 1. The van der Waals surface area contributed by atoms with Crippen molar-refractivity contribution in [1.82, 2.24) is 10.3 Å². The lowest BCUT2D eigenvalue weighted by Crippen LogP contribution is -2.28. The van der Waals surface area contributed by atoms with Gasteiger partial charge in [-0.25, -0.2) is 0 Å². The molecule has 0 bridgehead atoms. The summed E-state index contributed by atoms with van der Waals surface area (Å²) in [5.41, 5.74) is 2.43. The van der Waals surface area contributed by atoms with Crippen molar-refractivity contribution in [1.29, 1.82) is 0 Å². The van der Waals surface area contributed by atoms with Crippen molar-refractivity contribution in [2.24, 2.45) is 0 Å². The van der Waals surface area contributed by atoms with Crippen molar-refractivity contribution in [3.63, 3.8) is 0 Å². The van der Waals surface area contributed by atoms with Gasteiger partial charge in [0.2, 0.25) is 0 Å². The zero-order valence-corrected chi connectivity index (χ0v) is 9.24. The fraction of sp³-hybridized carbons (Fsp3) is 0.462. The minimum Gasteiger partial charge on any atom is -0.305 e. The highest BCUT2D eigenvalue weighted by Gasteiger charge is 2.08. The van der Waals surface area contributed by atoms with Gasteiger partial charge in [-0.3, -0.25) is 4.98 Å². The predicted molar refractivity (Wildman–Crippen MR) is 62.6 cm³/mol. The normalized spacial score (nSPS) is 20.5. The number of aromatic nitrogens is 1. The van der Waals surface area contributed by atoms with Crippen molar-refractivity contribution in [2.75, 3.05) is 0 Å². The molecule has 0 amide bonds. The van der Waals surface area contributed by atoms with Gasteiger partial charge in [-0.1, -0.05) is 18.2 Å². The highest BCUT2D eigenvalue weighted by molar-refractivity contribution is 5.17. The summed E-state index contributed by atoms with van der Waals surface area (Å²) in [7, 11) is 0. The van der Waals surface area contributed by atoms with E-state index in [1.165, 1.54) is 24.8 Å². The number of hydrogen-bond acceptors (Lipinski definition) is 2. The molecule has 1 atom stereocenters. The molecule has 15 heavy (non-hydrogen) atoms. The monoisotopic (exact) mass is 202 g/mol. The minimum atomic E-state index is 0.542. The standard InChI is InChI=1S/C13H18N2/c1-11-6-5-9-14-13(11)10-15-12-7-3-2-4-8-12/h3,5-7,9,12,15H,2,4,8,10H2,1H3. The quantitative estimate of drug-likeness (QED) is 0.762. The first-order chi connectivity index (χ1) is 7.36. The SMILES string of the molecule is Cc1cccnc1CNC1C=CCCC1. The maximum atomic E-state index is 4.38. The van der Waals surface area contributed by atoms with Crippen LogP contribution in [0.2, 0.25) is 0 Å². The molecule has 1 heterocycles. The highest BCUT2D eigenvalue weighted by Crippen LogP contribution is 2.11. The molecule has 0 aliphatic heterocycles. The largest absolute Gasteiger partial charge is 0.305 e. The Kier molecular flexibility index (Phi) is 3.51. The van der Waals surface area contributed by atoms with Gasteiger partial charge < -0.3 is 5.32 Å². The molecular weight excluding hydrogens is 184 g/mol. The molecule has 1 N–H and O–H groups in total. The van der Waals surface area contributed by atoms with E-state index in [1.54, 1.807) is 0 Å². The van der Waals surface area contributed by atoms with Gasteiger partial charge in [0.25, 0.3) is 0 Å². The topological polar surface area (TPSA) is 24.9 Å². The summed E-state index contributed by atoms with van der Waals surface area (Å²) < 4.78 is 0. The number of allylic oxidation sites excluding steroid dienone is 1. The van der Waals surface area contributed by atoms with Gasteiger partial charge in [0.1, 0.15) is 0 Å². The lowest BCUT2D eigenvalue weighted by molar-refractivity contribution is 0.517. The number of pyridine rings is 1. The Balaban J connectivity index is 1.90. The first-order valence-corrected chi connectivity index (χ1v) is 5.67. The number of aryl methyl sites for hydroxylation is 1. The van der Waals surface area contributed by atoms with Gasteiger partial charge in [-0.05, 0) is 37.8 Å². The molecule has 0 spiro atoms. The third kappa shape index (κ3) is 2.90. The van der Waals surface area contributed by atoms with Crippen LogP contribution in [0.15, 0.2) is 30.5 Å². The van der Waals surface area contributed by atoms with Crippen molar-refractivity contribution in [2.45, 2.75) is 38.8 Å². The van der Waals surface area contributed by atoms with Crippen LogP contribution in [0.3, 0.4) is 0 Å². The van der Waals surface area contributed by atoms with Crippen LogP contribution in [0, 0.1) is 6.92 Å². The summed E-state index contributed by atoms with van der Waals surface area (Å²) in [5, 5.41) is 3.53. The first-order valence-electron chi connectivity index (χ1n) is 5.67. The molecule has 1 aliphatic carbocycles. The summed E-state index contributed by atoms with van der Waals surface area (Å²) in [6.07, 6.45) is 10.2. The van der Waals surface area contributed by atoms with Gasteiger partial charge in [0.15, 0.2) is 0 Å². The molecular formula is C13H18N2. The number of nitrogens with one attached hydrogen (secondary N) is 1. The zero-order valence-electron chi connectivity index (χ0n) is 9.24. The van der Waals surface area contributed by atoms with E-state index in [0.717, 1.165) is 12.2 Å². The first kappa shape index (κ1) is 10.4. The van der Waals surface area contributed by atoms with Gasteiger partial charge >= 0.3 is 0 Å². The Morgan fingerprint density at radius 1 is 1.53 bits per heavy atom. The fourth-order valence-electron chi connectivity index (χ4n) is 1.91. The third-order valence-corrected chi connectivity index (χ3v) is 2.90.